The predicted molar refractivity (Wildman–Crippen MR) is 119 cm³/mol. The van der Waals surface area contributed by atoms with E-state index >= 15 is 4.39 Å². The first-order valence-corrected chi connectivity index (χ1v) is 13.1. The molecule has 0 radical (unpaired) electrons. The summed E-state index contributed by atoms with van der Waals surface area (Å²) < 4.78 is 75.5. The highest BCUT2D eigenvalue weighted by Gasteiger charge is 2.61. The van der Waals surface area contributed by atoms with Crippen LogP contribution >= 0.6 is 0 Å². The Balaban J connectivity index is 1.51. The minimum atomic E-state index is -3.59. The van der Waals surface area contributed by atoms with Gasteiger partial charge in [-0.2, -0.15) is 0 Å². The Morgan fingerprint density at radius 1 is 1.18 bits per heavy atom. The fourth-order valence-corrected chi connectivity index (χ4v) is 6.05. The normalized spacial score (nSPS) is 25.4. The van der Waals surface area contributed by atoms with Crippen molar-refractivity contribution in [3.63, 3.8) is 0 Å². The molecule has 0 bridgehead atoms. The summed E-state index contributed by atoms with van der Waals surface area (Å²) in [6.45, 7) is 0.867. The second-order valence-electron chi connectivity index (χ2n) is 9.55. The molecule has 1 spiro atoms. The number of carbonyl (C=O) groups is 1. The summed E-state index contributed by atoms with van der Waals surface area (Å²) >= 11 is 0. The molecule has 1 amide bonds. The van der Waals surface area contributed by atoms with Crippen LogP contribution in [0.15, 0.2) is 36.4 Å². The Kier molecular flexibility index (Phi) is 5.73. The highest BCUT2D eigenvalue weighted by molar-refractivity contribution is 7.88. The van der Waals surface area contributed by atoms with Gasteiger partial charge in [0.25, 0.3) is 5.91 Å². The van der Waals surface area contributed by atoms with E-state index in [1.807, 2.05) is 0 Å². The molecule has 182 valence electrons. The summed E-state index contributed by atoms with van der Waals surface area (Å²) in [4.78, 5) is 14.8. The zero-order valence-electron chi connectivity index (χ0n) is 18.6. The maximum absolute atomic E-state index is 15.6. The predicted octanol–water partition coefficient (Wildman–Crippen LogP) is 3.01. The van der Waals surface area contributed by atoms with Crippen LogP contribution < -0.4 is 4.72 Å². The van der Waals surface area contributed by atoms with Crippen molar-refractivity contribution in [3.8, 4) is 11.1 Å². The largest absolute Gasteiger partial charge is 0.368 e. The van der Waals surface area contributed by atoms with E-state index in [0.717, 1.165) is 31.2 Å². The Morgan fingerprint density at radius 2 is 1.85 bits per heavy atom. The van der Waals surface area contributed by atoms with Crippen molar-refractivity contribution in [1.29, 1.82) is 0 Å². The third-order valence-corrected chi connectivity index (χ3v) is 7.78. The van der Waals surface area contributed by atoms with Crippen LogP contribution in [0.3, 0.4) is 0 Å². The molecule has 2 saturated heterocycles. The van der Waals surface area contributed by atoms with E-state index in [9.17, 15) is 22.0 Å². The number of hydrogen-bond acceptors (Lipinski definition) is 4. The molecule has 1 N–H and O–H groups in total. The molecule has 2 heterocycles. The monoisotopic (exact) mass is 494 g/mol. The first-order chi connectivity index (χ1) is 16.1. The quantitative estimate of drug-likeness (QED) is 0.670. The van der Waals surface area contributed by atoms with Crippen LogP contribution in [-0.2, 0) is 26.0 Å². The smallest absolute Gasteiger partial charge is 0.252 e. The van der Waals surface area contributed by atoms with Crippen LogP contribution in [0.5, 0.6) is 0 Å². The molecular weight excluding hydrogens is 469 g/mol. The van der Waals surface area contributed by atoms with Gasteiger partial charge in [-0.3, -0.25) is 4.79 Å². The average Bonchev–Trinajstić information content (AvgIpc) is 3.42. The second kappa shape index (κ2) is 8.35. The summed E-state index contributed by atoms with van der Waals surface area (Å²) in [5.41, 5.74) is -0.0590. The highest BCUT2D eigenvalue weighted by atomic mass is 32.2. The zero-order valence-corrected chi connectivity index (χ0v) is 19.4. The highest BCUT2D eigenvalue weighted by Crippen LogP contribution is 2.56. The molecule has 0 unspecified atom stereocenters. The van der Waals surface area contributed by atoms with Gasteiger partial charge in [-0.05, 0) is 42.5 Å². The molecule has 3 atom stereocenters. The van der Waals surface area contributed by atoms with E-state index in [4.69, 9.17) is 4.74 Å². The summed E-state index contributed by atoms with van der Waals surface area (Å²) in [7, 11) is -3.59. The number of carbonyl (C=O) groups excluding carboxylic acids is 1. The van der Waals surface area contributed by atoms with Crippen molar-refractivity contribution in [2.24, 2.45) is 5.41 Å². The van der Waals surface area contributed by atoms with Crippen LogP contribution in [0.1, 0.15) is 24.8 Å². The molecule has 1 aliphatic carbocycles. The standard InChI is InChI=1S/C24H25F3N2O4S/c1-34(31,32)28-22-19(29(13-24(22)6-7-24)23(30)20-5-8-33-20)11-14-3-2-4-18(21(14)27)15-9-16(25)12-17(26)10-15/h2-4,9-10,12,19-20,22,28H,5-8,11,13H2,1H3/t19-,20-,22+/m1/s1. The molecule has 2 aromatic rings. The Labute approximate surface area is 196 Å². The SMILES string of the molecule is CS(=O)(=O)N[C@H]1[C@@H](Cc2cccc(-c3cc(F)cc(F)c3)c2F)N(C(=O)[C@H]2CCO2)CC12CC2. The lowest BCUT2D eigenvalue weighted by molar-refractivity contribution is -0.157. The minimum Gasteiger partial charge on any atom is -0.368 e. The van der Waals surface area contributed by atoms with E-state index in [2.05, 4.69) is 4.72 Å². The third-order valence-electron chi connectivity index (χ3n) is 7.10. The molecule has 6 nitrogen and oxygen atoms in total. The van der Waals surface area contributed by atoms with Crippen molar-refractivity contribution < 1.29 is 31.1 Å². The number of nitrogens with one attached hydrogen (secondary N) is 1. The fraction of sp³-hybridized carbons (Fsp3) is 0.458. The van der Waals surface area contributed by atoms with Gasteiger partial charge in [-0.1, -0.05) is 18.2 Å². The van der Waals surface area contributed by atoms with Crippen molar-refractivity contribution in [3.05, 3.63) is 59.4 Å². The van der Waals surface area contributed by atoms with E-state index in [1.165, 1.54) is 6.07 Å². The molecule has 0 aromatic heterocycles. The van der Waals surface area contributed by atoms with Gasteiger partial charge < -0.3 is 9.64 Å². The third kappa shape index (κ3) is 4.34. The molecule has 2 aliphatic heterocycles. The van der Waals surface area contributed by atoms with Gasteiger partial charge >= 0.3 is 0 Å². The number of nitrogens with zero attached hydrogens (tertiary/aromatic N) is 1. The van der Waals surface area contributed by atoms with Crippen LogP contribution in [0, 0.1) is 22.9 Å². The van der Waals surface area contributed by atoms with Gasteiger partial charge in [0.05, 0.1) is 18.9 Å². The van der Waals surface area contributed by atoms with Gasteiger partial charge in [0.15, 0.2) is 0 Å². The summed E-state index contributed by atoms with van der Waals surface area (Å²) in [6.07, 6.45) is 2.66. The van der Waals surface area contributed by atoms with Crippen molar-refractivity contribution in [2.75, 3.05) is 19.4 Å². The van der Waals surface area contributed by atoms with E-state index < -0.39 is 45.7 Å². The summed E-state index contributed by atoms with van der Waals surface area (Å²) in [6, 6.07) is 6.19. The molecular formula is C24H25F3N2O4S. The lowest BCUT2D eigenvalue weighted by Crippen LogP contribution is -2.53. The average molecular weight is 495 g/mol. The first kappa shape index (κ1) is 23.3. The van der Waals surface area contributed by atoms with Gasteiger partial charge in [0, 0.05) is 36.1 Å². The van der Waals surface area contributed by atoms with E-state index in [-0.39, 0.29) is 34.4 Å². The Hall–Kier alpha value is -2.43. The van der Waals surface area contributed by atoms with Gasteiger partial charge in [0.1, 0.15) is 23.6 Å². The molecule has 34 heavy (non-hydrogen) atoms. The van der Waals surface area contributed by atoms with E-state index in [1.54, 1.807) is 17.0 Å². The van der Waals surface area contributed by atoms with Crippen LogP contribution in [0.4, 0.5) is 13.2 Å². The maximum Gasteiger partial charge on any atom is 0.252 e. The maximum atomic E-state index is 15.6. The van der Waals surface area contributed by atoms with E-state index in [0.29, 0.717) is 25.6 Å². The molecule has 2 aromatic carbocycles. The van der Waals surface area contributed by atoms with Gasteiger partial charge in [-0.15, -0.1) is 0 Å². The van der Waals surface area contributed by atoms with Crippen LogP contribution in [0.25, 0.3) is 11.1 Å². The number of halogens is 3. The summed E-state index contributed by atoms with van der Waals surface area (Å²) in [5.74, 6) is -2.51. The Bertz CT molecular complexity index is 1220. The fourth-order valence-electron chi connectivity index (χ4n) is 5.19. The molecule has 1 saturated carbocycles. The van der Waals surface area contributed by atoms with Gasteiger partial charge in [-0.25, -0.2) is 26.3 Å². The number of rotatable bonds is 6. The molecule has 5 rings (SSSR count). The lowest BCUT2D eigenvalue weighted by atomic mass is 9.91. The van der Waals surface area contributed by atoms with Crippen LogP contribution in [0.2, 0.25) is 0 Å². The Morgan fingerprint density at radius 3 is 2.41 bits per heavy atom. The molecule has 3 fully saturated rings. The molecule has 10 heteroatoms. The number of benzene rings is 2. The summed E-state index contributed by atoms with van der Waals surface area (Å²) in [5, 5.41) is 0. The van der Waals surface area contributed by atoms with Gasteiger partial charge in [0.2, 0.25) is 10.0 Å². The topological polar surface area (TPSA) is 75.7 Å². The first-order valence-electron chi connectivity index (χ1n) is 11.2. The van der Waals surface area contributed by atoms with Crippen molar-refractivity contribution >= 4 is 15.9 Å². The minimum absolute atomic E-state index is 0.0304. The lowest BCUT2D eigenvalue weighted by Gasteiger charge is -2.34. The molecule has 3 aliphatic rings. The van der Waals surface area contributed by atoms with Crippen molar-refractivity contribution in [2.45, 2.75) is 43.9 Å². The number of sulfonamides is 1. The second-order valence-corrected chi connectivity index (χ2v) is 11.3. The number of likely N-dealkylation sites (tertiary alicyclic amines) is 1. The number of hydrogen-bond donors (Lipinski definition) is 1. The zero-order chi connectivity index (χ0) is 24.3. The van der Waals surface area contributed by atoms with Crippen LogP contribution in [-0.4, -0.2) is 56.8 Å². The number of amides is 1. The van der Waals surface area contributed by atoms with Crippen molar-refractivity contribution in [1.82, 2.24) is 9.62 Å². The number of ether oxygens (including phenoxy) is 1.